The SMILES string of the molecule is C=C/C(=C\C=C/N)N(c1cc2cc(OC)ccc2[nH]c1=O)S(=O)(=O)c1cccc(C(=O)OC)c1. The number of methoxy groups -OCH3 is 2. The topological polar surface area (TPSA) is 132 Å². The second kappa shape index (κ2) is 10.1. The number of pyridine rings is 1. The highest BCUT2D eigenvalue weighted by Gasteiger charge is 2.30. The maximum Gasteiger partial charge on any atom is 0.337 e. The Hall–Kier alpha value is -4.31. The summed E-state index contributed by atoms with van der Waals surface area (Å²) in [5, 5.41) is 0.537. The molecule has 3 rings (SSSR count). The molecule has 34 heavy (non-hydrogen) atoms. The molecule has 0 spiro atoms. The third-order valence-electron chi connectivity index (χ3n) is 4.87. The molecule has 3 N–H and O–H groups in total. The number of fused-ring (bicyclic) bond motifs is 1. The Balaban J connectivity index is 2.33. The van der Waals surface area contributed by atoms with Gasteiger partial charge in [0.25, 0.3) is 15.6 Å². The molecular formula is C24H23N3O6S. The van der Waals surface area contributed by atoms with Crippen LogP contribution in [0.2, 0.25) is 0 Å². The number of rotatable bonds is 8. The zero-order chi connectivity index (χ0) is 24.9. The monoisotopic (exact) mass is 481 g/mol. The van der Waals surface area contributed by atoms with Gasteiger partial charge in [0.15, 0.2) is 0 Å². The molecule has 0 fully saturated rings. The first-order valence-corrected chi connectivity index (χ1v) is 11.4. The smallest absolute Gasteiger partial charge is 0.337 e. The standard InChI is InChI=1S/C24H23N3O6S/c1-4-18(8-6-12-25)27(34(30,31)20-9-5-7-16(14-20)24(29)33-3)22-15-17-13-19(32-2)10-11-21(17)26-23(22)28/h4-15H,1,25H2,2-3H3,(H,26,28)/b12-6-,18-8+. The third-order valence-corrected chi connectivity index (χ3v) is 6.60. The van der Waals surface area contributed by atoms with Gasteiger partial charge in [0, 0.05) is 10.9 Å². The summed E-state index contributed by atoms with van der Waals surface area (Å²) in [5.74, 6) is -0.180. The van der Waals surface area contributed by atoms with Gasteiger partial charge in [-0.05, 0) is 66.9 Å². The summed E-state index contributed by atoms with van der Waals surface area (Å²) in [7, 11) is -1.72. The number of nitrogens with zero attached hydrogens (tertiary/aromatic N) is 1. The van der Waals surface area contributed by atoms with Crippen molar-refractivity contribution < 1.29 is 22.7 Å². The predicted octanol–water partition coefficient (Wildman–Crippen LogP) is 3.06. The highest BCUT2D eigenvalue weighted by molar-refractivity contribution is 7.93. The second-order valence-corrected chi connectivity index (χ2v) is 8.69. The van der Waals surface area contributed by atoms with Gasteiger partial charge in [-0.25, -0.2) is 17.5 Å². The number of sulfonamides is 1. The van der Waals surface area contributed by atoms with Crippen LogP contribution in [0.25, 0.3) is 10.9 Å². The van der Waals surface area contributed by atoms with Crippen molar-refractivity contribution in [2.75, 3.05) is 18.5 Å². The van der Waals surface area contributed by atoms with E-state index in [-0.39, 0.29) is 21.8 Å². The Kier molecular flexibility index (Phi) is 7.22. The van der Waals surface area contributed by atoms with Crippen LogP contribution in [0.5, 0.6) is 5.75 Å². The summed E-state index contributed by atoms with van der Waals surface area (Å²) in [5.41, 5.74) is 5.16. The number of aromatic nitrogens is 1. The Labute approximate surface area is 196 Å². The zero-order valence-corrected chi connectivity index (χ0v) is 19.3. The van der Waals surface area contributed by atoms with Crippen molar-refractivity contribution in [1.29, 1.82) is 0 Å². The molecule has 176 valence electrons. The normalized spacial score (nSPS) is 12.0. The number of carbonyl (C=O) groups is 1. The Morgan fingerprint density at radius 2 is 1.91 bits per heavy atom. The molecule has 0 radical (unpaired) electrons. The van der Waals surface area contributed by atoms with Crippen LogP contribution in [0.1, 0.15) is 10.4 Å². The summed E-state index contributed by atoms with van der Waals surface area (Å²) < 4.78 is 38.4. The zero-order valence-electron chi connectivity index (χ0n) is 18.5. The molecule has 0 amide bonds. The average molecular weight is 482 g/mol. The summed E-state index contributed by atoms with van der Waals surface area (Å²) in [6.45, 7) is 3.69. The van der Waals surface area contributed by atoms with E-state index in [2.05, 4.69) is 11.6 Å². The number of nitrogens with one attached hydrogen (secondary N) is 1. The molecule has 0 aliphatic carbocycles. The Morgan fingerprint density at radius 3 is 2.56 bits per heavy atom. The van der Waals surface area contributed by atoms with Crippen LogP contribution in [0, 0.1) is 0 Å². The first-order valence-electron chi connectivity index (χ1n) is 9.92. The van der Waals surface area contributed by atoms with E-state index >= 15 is 0 Å². The van der Waals surface area contributed by atoms with E-state index in [0.29, 0.717) is 16.7 Å². The molecule has 0 aliphatic rings. The molecule has 1 aromatic heterocycles. The highest BCUT2D eigenvalue weighted by atomic mass is 32.2. The average Bonchev–Trinajstić information content (AvgIpc) is 2.85. The van der Waals surface area contributed by atoms with Crippen LogP contribution in [0.15, 0.2) is 94.9 Å². The fourth-order valence-electron chi connectivity index (χ4n) is 3.24. The van der Waals surface area contributed by atoms with Gasteiger partial charge in [-0.2, -0.15) is 0 Å². The van der Waals surface area contributed by atoms with Crippen molar-refractivity contribution in [2.24, 2.45) is 5.73 Å². The van der Waals surface area contributed by atoms with Crippen LogP contribution >= 0.6 is 0 Å². The van der Waals surface area contributed by atoms with Gasteiger partial charge in [-0.1, -0.05) is 12.6 Å². The maximum atomic E-state index is 13.8. The quantitative estimate of drug-likeness (QED) is 0.373. The molecular weight excluding hydrogens is 458 g/mol. The fourth-order valence-corrected chi connectivity index (χ4v) is 4.78. The number of hydrogen-bond donors (Lipinski definition) is 2. The van der Waals surface area contributed by atoms with Crippen molar-refractivity contribution in [3.63, 3.8) is 0 Å². The number of aromatic amines is 1. The van der Waals surface area contributed by atoms with Crippen LogP contribution in [-0.4, -0.2) is 33.6 Å². The van der Waals surface area contributed by atoms with E-state index in [0.717, 1.165) is 4.31 Å². The minimum absolute atomic E-state index is 0.0340. The number of ether oxygens (including phenoxy) is 2. The highest BCUT2D eigenvalue weighted by Crippen LogP contribution is 2.29. The number of H-pyrrole nitrogens is 1. The summed E-state index contributed by atoms with van der Waals surface area (Å²) in [6.07, 6.45) is 5.28. The lowest BCUT2D eigenvalue weighted by molar-refractivity contribution is 0.0600. The van der Waals surface area contributed by atoms with Crippen molar-refractivity contribution in [3.8, 4) is 5.75 Å². The van der Waals surface area contributed by atoms with Crippen molar-refractivity contribution >= 4 is 32.6 Å². The molecule has 0 saturated carbocycles. The second-order valence-electron chi connectivity index (χ2n) is 6.91. The Bertz CT molecular complexity index is 1470. The number of allylic oxidation sites excluding steroid dienone is 3. The van der Waals surface area contributed by atoms with Crippen molar-refractivity contribution in [2.45, 2.75) is 4.90 Å². The maximum absolute atomic E-state index is 13.8. The minimum atomic E-state index is -4.41. The number of nitrogens with two attached hydrogens (primary N) is 1. The Morgan fingerprint density at radius 1 is 1.15 bits per heavy atom. The third kappa shape index (κ3) is 4.71. The summed E-state index contributed by atoms with van der Waals surface area (Å²) >= 11 is 0. The number of benzene rings is 2. The van der Waals surface area contributed by atoms with Crippen LogP contribution in [0.3, 0.4) is 0 Å². The lowest BCUT2D eigenvalue weighted by Crippen LogP contribution is -2.34. The van der Waals surface area contributed by atoms with Gasteiger partial charge in [-0.3, -0.25) is 4.79 Å². The fraction of sp³-hybridized carbons (Fsp3) is 0.0833. The van der Waals surface area contributed by atoms with E-state index in [4.69, 9.17) is 15.2 Å². The van der Waals surface area contributed by atoms with E-state index in [1.807, 2.05) is 0 Å². The molecule has 0 unspecified atom stereocenters. The summed E-state index contributed by atoms with van der Waals surface area (Å²) in [6, 6.07) is 11.7. The lowest BCUT2D eigenvalue weighted by atomic mass is 10.2. The first kappa shape index (κ1) is 24.3. The van der Waals surface area contributed by atoms with Crippen molar-refractivity contribution in [1.82, 2.24) is 4.98 Å². The number of carbonyl (C=O) groups excluding carboxylic acids is 1. The molecule has 0 bridgehead atoms. The molecule has 10 heteroatoms. The van der Waals surface area contributed by atoms with Gasteiger partial charge in [0.2, 0.25) is 0 Å². The lowest BCUT2D eigenvalue weighted by Gasteiger charge is -2.25. The molecule has 0 saturated heterocycles. The van der Waals surface area contributed by atoms with Gasteiger partial charge >= 0.3 is 5.97 Å². The molecule has 0 aliphatic heterocycles. The van der Waals surface area contributed by atoms with E-state index in [1.165, 1.54) is 69.0 Å². The van der Waals surface area contributed by atoms with Gasteiger partial charge < -0.3 is 20.2 Å². The van der Waals surface area contributed by atoms with Gasteiger partial charge in [0.1, 0.15) is 11.4 Å². The predicted molar refractivity (Wildman–Crippen MR) is 130 cm³/mol. The van der Waals surface area contributed by atoms with E-state index < -0.39 is 21.6 Å². The van der Waals surface area contributed by atoms with Crippen molar-refractivity contribution in [3.05, 3.63) is 101 Å². The number of hydrogen-bond acceptors (Lipinski definition) is 7. The largest absolute Gasteiger partial charge is 0.497 e. The van der Waals surface area contributed by atoms with E-state index in [9.17, 15) is 18.0 Å². The summed E-state index contributed by atoms with van der Waals surface area (Å²) in [4.78, 5) is 27.5. The number of esters is 1. The van der Waals surface area contributed by atoms with E-state index in [1.54, 1.807) is 18.2 Å². The molecule has 2 aromatic carbocycles. The molecule has 9 nitrogen and oxygen atoms in total. The first-order chi connectivity index (χ1) is 16.3. The van der Waals surface area contributed by atoms with Crippen LogP contribution in [-0.2, 0) is 14.8 Å². The minimum Gasteiger partial charge on any atom is -0.497 e. The molecule has 0 atom stereocenters. The van der Waals surface area contributed by atoms with Crippen LogP contribution < -0.4 is 20.3 Å². The molecule has 3 aromatic rings. The number of anilines is 1. The van der Waals surface area contributed by atoms with Gasteiger partial charge in [-0.15, -0.1) is 0 Å². The molecule has 1 heterocycles. The van der Waals surface area contributed by atoms with Gasteiger partial charge in [0.05, 0.1) is 30.4 Å². The van der Waals surface area contributed by atoms with Crippen LogP contribution in [0.4, 0.5) is 5.69 Å².